The molecular formula is C11H17. The number of hydrogen-bond donors (Lipinski definition) is 0. The van der Waals surface area contributed by atoms with Crippen molar-refractivity contribution in [1.82, 2.24) is 0 Å². The van der Waals surface area contributed by atoms with Gasteiger partial charge in [0.2, 0.25) is 0 Å². The number of allylic oxidation sites excluding steroid dienone is 6. The van der Waals surface area contributed by atoms with Crippen molar-refractivity contribution in [3.8, 4) is 0 Å². The summed E-state index contributed by atoms with van der Waals surface area (Å²) in [5, 5.41) is 0. The third-order valence-electron chi connectivity index (χ3n) is 1.27. The molecule has 0 heteroatoms. The summed E-state index contributed by atoms with van der Waals surface area (Å²) in [5.74, 6) is 0. The second-order valence-electron chi connectivity index (χ2n) is 2.29. The standard InChI is InChI=1S/C11H17/c1-3-5-7-9-11-10-8-6-4-2/h4-8,10H,1,3,9,11H2,2H3. The molecule has 0 fully saturated rings. The molecule has 0 spiro atoms. The molecule has 0 aliphatic heterocycles. The van der Waals surface area contributed by atoms with E-state index < -0.39 is 0 Å². The van der Waals surface area contributed by atoms with E-state index in [1.54, 1.807) is 0 Å². The summed E-state index contributed by atoms with van der Waals surface area (Å²) in [6.07, 6.45) is 15.8. The Morgan fingerprint density at radius 1 is 1.00 bits per heavy atom. The van der Waals surface area contributed by atoms with Gasteiger partial charge in [0, 0.05) is 0 Å². The van der Waals surface area contributed by atoms with Gasteiger partial charge in [-0.1, -0.05) is 36.5 Å². The van der Waals surface area contributed by atoms with E-state index in [0.717, 1.165) is 19.3 Å². The van der Waals surface area contributed by atoms with Crippen LogP contribution in [0.4, 0.5) is 0 Å². The Hall–Kier alpha value is -0.780. The average molecular weight is 149 g/mol. The number of rotatable bonds is 5. The Kier molecular flexibility index (Phi) is 8.57. The van der Waals surface area contributed by atoms with E-state index in [1.807, 2.05) is 19.1 Å². The molecule has 0 aromatic carbocycles. The van der Waals surface area contributed by atoms with E-state index in [1.165, 1.54) is 0 Å². The summed E-state index contributed by atoms with van der Waals surface area (Å²) in [6, 6.07) is 0. The number of hydrogen-bond acceptors (Lipinski definition) is 0. The second kappa shape index (κ2) is 9.22. The van der Waals surface area contributed by atoms with Gasteiger partial charge in [-0.2, -0.15) is 0 Å². The highest BCUT2D eigenvalue weighted by Crippen LogP contribution is 1.93. The van der Waals surface area contributed by atoms with Crippen LogP contribution >= 0.6 is 0 Å². The highest BCUT2D eigenvalue weighted by molar-refractivity contribution is 5.01. The van der Waals surface area contributed by atoms with E-state index in [9.17, 15) is 0 Å². The highest BCUT2D eigenvalue weighted by atomic mass is 13.8. The molecule has 61 valence electrons. The molecule has 0 N–H and O–H groups in total. The van der Waals surface area contributed by atoms with Crippen molar-refractivity contribution in [2.24, 2.45) is 0 Å². The van der Waals surface area contributed by atoms with Crippen molar-refractivity contribution < 1.29 is 0 Å². The largest absolute Gasteiger partial charge is 0.0885 e. The summed E-state index contributed by atoms with van der Waals surface area (Å²) in [7, 11) is 0. The fourth-order valence-electron chi connectivity index (χ4n) is 0.714. The minimum atomic E-state index is 0.901. The molecule has 0 saturated heterocycles. The first-order valence-electron chi connectivity index (χ1n) is 4.14. The summed E-state index contributed by atoms with van der Waals surface area (Å²) < 4.78 is 0. The smallest absolute Gasteiger partial charge is 0.0313 e. The van der Waals surface area contributed by atoms with Gasteiger partial charge in [-0.25, -0.2) is 0 Å². The Labute approximate surface area is 70.3 Å². The molecule has 1 radical (unpaired) electrons. The van der Waals surface area contributed by atoms with Crippen LogP contribution in [-0.2, 0) is 0 Å². The van der Waals surface area contributed by atoms with E-state index in [2.05, 4.69) is 31.2 Å². The first-order valence-corrected chi connectivity index (χ1v) is 4.14. The molecule has 0 bridgehead atoms. The SMILES string of the molecule is [CH2]CC=CCCC=CC=CC. The molecule has 0 rings (SSSR count). The van der Waals surface area contributed by atoms with Gasteiger partial charge in [0.25, 0.3) is 0 Å². The Morgan fingerprint density at radius 2 is 1.73 bits per heavy atom. The van der Waals surface area contributed by atoms with Crippen molar-refractivity contribution in [2.75, 3.05) is 0 Å². The monoisotopic (exact) mass is 149 g/mol. The van der Waals surface area contributed by atoms with Crippen LogP contribution in [0, 0.1) is 6.92 Å². The lowest BCUT2D eigenvalue weighted by Crippen LogP contribution is -1.63. The van der Waals surface area contributed by atoms with Gasteiger partial charge in [0.05, 0.1) is 0 Å². The lowest BCUT2D eigenvalue weighted by Gasteiger charge is -1.84. The van der Waals surface area contributed by atoms with Crippen LogP contribution in [0.1, 0.15) is 26.2 Å². The first-order chi connectivity index (χ1) is 5.41. The average Bonchev–Trinajstić information content (AvgIpc) is 2.03. The summed E-state index contributed by atoms with van der Waals surface area (Å²) in [6.45, 7) is 5.74. The molecular weight excluding hydrogens is 132 g/mol. The van der Waals surface area contributed by atoms with Gasteiger partial charge >= 0.3 is 0 Å². The van der Waals surface area contributed by atoms with Gasteiger partial charge < -0.3 is 0 Å². The predicted molar refractivity (Wildman–Crippen MR) is 52.3 cm³/mol. The van der Waals surface area contributed by atoms with Gasteiger partial charge in [-0.3, -0.25) is 0 Å². The van der Waals surface area contributed by atoms with E-state index in [0.29, 0.717) is 0 Å². The fraction of sp³-hybridized carbons (Fsp3) is 0.364. The number of unbranched alkanes of at least 4 members (excludes halogenated alkanes) is 1. The van der Waals surface area contributed by atoms with Crippen LogP contribution in [-0.4, -0.2) is 0 Å². The maximum absolute atomic E-state index is 3.72. The molecule has 0 unspecified atom stereocenters. The van der Waals surface area contributed by atoms with Crippen molar-refractivity contribution in [3.63, 3.8) is 0 Å². The molecule has 0 nitrogen and oxygen atoms in total. The maximum atomic E-state index is 3.72. The quantitative estimate of drug-likeness (QED) is 0.318. The van der Waals surface area contributed by atoms with Crippen LogP contribution < -0.4 is 0 Å². The van der Waals surface area contributed by atoms with Crippen molar-refractivity contribution in [1.29, 1.82) is 0 Å². The molecule has 0 atom stereocenters. The van der Waals surface area contributed by atoms with Crippen molar-refractivity contribution >= 4 is 0 Å². The second-order valence-corrected chi connectivity index (χ2v) is 2.29. The molecule has 0 amide bonds. The van der Waals surface area contributed by atoms with Crippen LogP contribution in [0.5, 0.6) is 0 Å². The van der Waals surface area contributed by atoms with Crippen LogP contribution in [0.25, 0.3) is 0 Å². The third kappa shape index (κ3) is 9.22. The van der Waals surface area contributed by atoms with Crippen LogP contribution in [0.15, 0.2) is 36.5 Å². The third-order valence-corrected chi connectivity index (χ3v) is 1.27. The van der Waals surface area contributed by atoms with Crippen molar-refractivity contribution in [3.05, 3.63) is 43.4 Å². The molecule has 0 aromatic rings. The molecule has 0 aromatic heterocycles. The lowest BCUT2D eigenvalue weighted by molar-refractivity contribution is 1.04. The normalized spacial score (nSPS) is 12.5. The van der Waals surface area contributed by atoms with E-state index in [4.69, 9.17) is 0 Å². The molecule has 0 aliphatic carbocycles. The van der Waals surface area contributed by atoms with Crippen LogP contribution in [0.3, 0.4) is 0 Å². The molecule has 0 heterocycles. The van der Waals surface area contributed by atoms with E-state index >= 15 is 0 Å². The Bertz CT molecular complexity index is 138. The summed E-state index contributed by atoms with van der Waals surface area (Å²) >= 11 is 0. The molecule has 11 heavy (non-hydrogen) atoms. The Morgan fingerprint density at radius 3 is 2.36 bits per heavy atom. The fourth-order valence-corrected chi connectivity index (χ4v) is 0.714. The molecule has 0 saturated carbocycles. The van der Waals surface area contributed by atoms with Gasteiger partial charge in [-0.05, 0) is 33.1 Å². The zero-order chi connectivity index (χ0) is 8.36. The zero-order valence-electron chi connectivity index (χ0n) is 7.29. The first kappa shape index (κ1) is 10.2. The minimum absolute atomic E-state index is 0.901. The minimum Gasteiger partial charge on any atom is -0.0885 e. The summed E-state index contributed by atoms with van der Waals surface area (Å²) in [4.78, 5) is 0. The zero-order valence-corrected chi connectivity index (χ0v) is 7.29. The van der Waals surface area contributed by atoms with Gasteiger partial charge in [0.1, 0.15) is 0 Å². The van der Waals surface area contributed by atoms with Gasteiger partial charge in [0.15, 0.2) is 0 Å². The topological polar surface area (TPSA) is 0 Å². The van der Waals surface area contributed by atoms with Crippen LogP contribution in [0.2, 0.25) is 0 Å². The highest BCUT2D eigenvalue weighted by Gasteiger charge is 1.73. The molecule has 0 aliphatic rings. The predicted octanol–water partition coefficient (Wildman–Crippen LogP) is 3.68. The van der Waals surface area contributed by atoms with Crippen molar-refractivity contribution in [2.45, 2.75) is 26.2 Å². The Balaban J connectivity index is 3.20. The van der Waals surface area contributed by atoms with Gasteiger partial charge in [-0.15, -0.1) is 0 Å². The van der Waals surface area contributed by atoms with E-state index in [-0.39, 0.29) is 0 Å². The summed E-state index contributed by atoms with van der Waals surface area (Å²) in [5.41, 5.74) is 0. The lowest BCUT2D eigenvalue weighted by atomic mass is 10.2. The maximum Gasteiger partial charge on any atom is -0.0313 e.